The predicted molar refractivity (Wildman–Crippen MR) is 48.3 cm³/mol. The average molecular weight is 252 g/mol. The van der Waals surface area contributed by atoms with E-state index in [4.69, 9.17) is 24.7 Å². The van der Waals surface area contributed by atoms with Crippen LogP contribution in [0.25, 0.3) is 0 Å². The molecular formula is C6H9N2O7P. The van der Waals surface area contributed by atoms with Crippen LogP contribution in [0.3, 0.4) is 0 Å². The SMILES string of the molecule is Nc1nc2c(o1)C(O)[C@@H](COP(=O)(O)O)O2. The van der Waals surface area contributed by atoms with Crippen molar-refractivity contribution in [3.8, 4) is 5.88 Å². The second-order valence-corrected chi connectivity index (χ2v) is 4.35. The first-order valence-electron chi connectivity index (χ1n) is 4.18. The molecule has 0 aromatic carbocycles. The van der Waals surface area contributed by atoms with E-state index in [2.05, 4.69) is 9.51 Å². The summed E-state index contributed by atoms with van der Waals surface area (Å²) in [6, 6.07) is -0.154. The van der Waals surface area contributed by atoms with Crippen molar-refractivity contribution in [1.29, 1.82) is 0 Å². The molecule has 10 heteroatoms. The Bertz CT molecular complexity index is 440. The third kappa shape index (κ3) is 2.18. The first-order chi connectivity index (χ1) is 7.37. The Morgan fingerprint density at radius 3 is 2.81 bits per heavy atom. The molecule has 1 aromatic heterocycles. The highest BCUT2D eigenvalue weighted by Crippen LogP contribution is 2.41. The van der Waals surface area contributed by atoms with E-state index in [1.54, 1.807) is 0 Å². The Hall–Kier alpha value is -1.12. The Morgan fingerprint density at radius 2 is 2.25 bits per heavy atom. The molecular weight excluding hydrogens is 243 g/mol. The normalized spacial score (nSPS) is 24.2. The van der Waals surface area contributed by atoms with Gasteiger partial charge in [-0.25, -0.2) is 4.57 Å². The summed E-state index contributed by atoms with van der Waals surface area (Å²) >= 11 is 0. The van der Waals surface area contributed by atoms with E-state index in [1.165, 1.54) is 0 Å². The molecule has 2 heterocycles. The van der Waals surface area contributed by atoms with Gasteiger partial charge in [0.1, 0.15) is 0 Å². The van der Waals surface area contributed by atoms with E-state index in [-0.39, 0.29) is 17.7 Å². The van der Waals surface area contributed by atoms with Crippen LogP contribution in [-0.4, -0.2) is 32.6 Å². The molecule has 0 bridgehead atoms. The number of rotatable bonds is 3. The van der Waals surface area contributed by atoms with Crippen molar-refractivity contribution in [3.05, 3.63) is 5.76 Å². The maximum absolute atomic E-state index is 10.4. The quantitative estimate of drug-likeness (QED) is 0.505. The highest BCUT2D eigenvalue weighted by atomic mass is 31.2. The van der Waals surface area contributed by atoms with Gasteiger partial charge in [0.2, 0.25) is 5.76 Å². The second kappa shape index (κ2) is 3.72. The molecule has 2 atom stereocenters. The summed E-state index contributed by atoms with van der Waals surface area (Å²) in [5, 5.41) is 9.60. The van der Waals surface area contributed by atoms with Crippen molar-refractivity contribution in [2.45, 2.75) is 12.2 Å². The van der Waals surface area contributed by atoms with Gasteiger partial charge >= 0.3 is 7.82 Å². The second-order valence-electron chi connectivity index (χ2n) is 3.11. The summed E-state index contributed by atoms with van der Waals surface area (Å²) in [6.07, 6.45) is -2.19. The van der Waals surface area contributed by atoms with Crippen LogP contribution < -0.4 is 10.5 Å². The molecule has 5 N–H and O–H groups in total. The lowest BCUT2D eigenvalue weighted by molar-refractivity contribution is 0.0175. The molecule has 0 amide bonds. The number of aliphatic hydroxyl groups excluding tert-OH is 1. The van der Waals surface area contributed by atoms with E-state index >= 15 is 0 Å². The lowest BCUT2D eigenvalue weighted by Crippen LogP contribution is -2.24. The van der Waals surface area contributed by atoms with Crippen LogP contribution in [0, 0.1) is 0 Å². The molecule has 16 heavy (non-hydrogen) atoms. The topological polar surface area (TPSA) is 148 Å². The summed E-state index contributed by atoms with van der Waals surface area (Å²) in [6.45, 7) is -0.489. The van der Waals surface area contributed by atoms with Gasteiger partial charge in [0.05, 0.1) is 6.61 Å². The zero-order valence-corrected chi connectivity index (χ0v) is 8.70. The number of anilines is 1. The van der Waals surface area contributed by atoms with Gasteiger partial charge in [0, 0.05) is 0 Å². The first kappa shape index (κ1) is 11.4. The van der Waals surface area contributed by atoms with Crippen molar-refractivity contribution in [3.63, 3.8) is 0 Å². The number of nitrogens with zero attached hydrogens (tertiary/aromatic N) is 1. The van der Waals surface area contributed by atoms with E-state index in [0.29, 0.717) is 0 Å². The summed E-state index contributed by atoms with van der Waals surface area (Å²) in [5.41, 5.74) is 5.22. The zero-order valence-electron chi connectivity index (χ0n) is 7.81. The van der Waals surface area contributed by atoms with Gasteiger partial charge < -0.3 is 29.8 Å². The largest absolute Gasteiger partial charge is 0.469 e. The number of aliphatic hydroxyl groups is 1. The monoisotopic (exact) mass is 252 g/mol. The van der Waals surface area contributed by atoms with Crippen molar-refractivity contribution >= 4 is 13.8 Å². The van der Waals surface area contributed by atoms with Crippen molar-refractivity contribution < 1.29 is 33.1 Å². The smallest absolute Gasteiger partial charge is 0.466 e. The summed E-state index contributed by atoms with van der Waals surface area (Å²) < 4.78 is 24.5. The highest BCUT2D eigenvalue weighted by Gasteiger charge is 2.39. The fourth-order valence-corrected chi connectivity index (χ4v) is 1.62. The average Bonchev–Trinajstić information content (AvgIpc) is 2.62. The minimum Gasteiger partial charge on any atom is -0.466 e. The van der Waals surface area contributed by atoms with Crippen LogP contribution in [0.5, 0.6) is 5.88 Å². The number of hydrogen-bond acceptors (Lipinski definition) is 7. The third-order valence-electron chi connectivity index (χ3n) is 1.93. The highest BCUT2D eigenvalue weighted by molar-refractivity contribution is 7.46. The lowest BCUT2D eigenvalue weighted by Gasteiger charge is -2.14. The van der Waals surface area contributed by atoms with Gasteiger partial charge in [-0.3, -0.25) is 4.52 Å². The molecule has 2 rings (SSSR count). The van der Waals surface area contributed by atoms with Gasteiger partial charge in [0.25, 0.3) is 11.9 Å². The fraction of sp³-hybridized carbons (Fsp3) is 0.500. The third-order valence-corrected chi connectivity index (χ3v) is 2.41. The number of nitrogen functional groups attached to an aromatic ring is 1. The molecule has 0 spiro atoms. The lowest BCUT2D eigenvalue weighted by atomic mass is 10.2. The Kier molecular flexibility index (Phi) is 2.64. The van der Waals surface area contributed by atoms with E-state index in [9.17, 15) is 9.67 Å². The minimum absolute atomic E-state index is 0.00399. The Balaban J connectivity index is 2.02. The Labute approximate surface area is 89.0 Å². The molecule has 0 saturated heterocycles. The number of aromatic nitrogens is 1. The number of phosphoric acid groups is 1. The number of hydrogen-bond donors (Lipinski definition) is 4. The van der Waals surface area contributed by atoms with Crippen LogP contribution >= 0.6 is 7.82 Å². The molecule has 9 nitrogen and oxygen atoms in total. The number of ether oxygens (including phenoxy) is 1. The zero-order chi connectivity index (χ0) is 11.9. The first-order valence-corrected chi connectivity index (χ1v) is 5.71. The summed E-state index contributed by atoms with van der Waals surface area (Å²) in [7, 11) is -4.60. The summed E-state index contributed by atoms with van der Waals surface area (Å²) in [4.78, 5) is 20.6. The molecule has 1 aliphatic heterocycles. The predicted octanol–water partition coefficient (Wildman–Crippen LogP) is -0.840. The minimum atomic E-state index is -4.60. The van der Waals surface area contributed by atoms with Crippen molar-refractivity contribution in [2.24, 2.45) is 0 Å². The molecule has 1 aromatic rings. The van der Waals surface area contributed by atoms with Gasteiger partial charge in [0.15, 0.2) is 12.2 Å². The van der Waals surface area contributed by atoms with Gasteiger partial charge in [-0.2, -0.15) is 4.98 Å². The summed E-state index contributed by atoms with van der Waals surface area (Å²) in [5.74, 6) is 0.0288. The fourth-order valence-electron chi connectivity index (χ4n) is 1.28. The molecule has 1 aliphatic rings. The van der Waals surface area contributed by atoms with E-state index in [1.807, 2.05) is 0 Å². The Morgan fingerprint density at radius 1 is 1.56 bits per heavy atom. The molecule has 90 valence electrons. The number of fused-ring (bicyclic) bond motifs is 1. The molecule has 0 aliphatic carbocycles. The maximum Gasteiger partial charge on any atom is 0.469 e. The van der Waals surface area contributed by atoms with Crippen LogP contribution in [0.2, 0.25) is 0 Å². The van der Waals surface area contributed by atoms with E-state index in [0.717, 1.165) is 0 Å². The molecule has 0 radical (unpaired) electrons. The van der Waals surface area contributed by atoms with Gasteiger partial charge in [-0.1, -0.05) is 0 Å². The number of oxazole rings is 1. The van der Waals surface area contributed by atoms with Crippen LogP contribution in [0.1, 0.15) is 11.9 Å². The van der Waals surface area contributed by atoms with Crippen LogP contribution in [-0.2, 0) is 9.09 Å². The van der Waals surface area contributed by atoms with Gasteiger partial charge in [-0.05, 0) is 0 Å². The maximum atomic E-state index is 10.4. The standard InChI is InChI=1S/C6H9N2O7P/c7-6-8-5-4(15-6)3(9)2(14-5)1-13-16(10,11)12/h2-3,9H,1H2,(H2,7,8)(H2,10,11,12)/t2-,3?/m1/s1. The van der Waals surface area contributed by atoms with Crippen LogP contribution in [0.15, 0.2) is 4.42 Å². The molecule has 0 saturated carbocycles. The van der Waals surface area contributed by atoms with Crippen molar-refractivity contribution in [1.82, 2.24) is 4.98 Å². The molecule has 1 unspecified atom stereocenters. The van der Waals surface area contributed by atoms with Crippen LogP contribution in [0.4, 0.5) is 6.01 Å². The van der Waals surface area contributed by atoms with Gasteiger partial charge in [-0.15, -0.1) is 0 Å². The molecule has 0 fully saturated rings. The number of phosphoric ester groups is 1. The number of nitrogens with two attached hydrogens (primary N) is 1. The van der Waals surface area contributed by atoms with E-state index < -0.39 is 26.6 Å². The van der Waals surface area contributed by atoms with Crippen molar-refractivity contribution in [2.75, 3.05) is 12.3 Å².